The predicted molar refractivity (Wildman–Crippen MR) is 108 cm³/mol. The molecule has 0 spiro atoms. The van der Waals surface area contributed by atoms with Gasteiger partial charge in [0.25, 0.3) is 0 Å². The van der Waals surface area contributed by atoms with Crippen molar-refractivity contribution < 1.29 is 8.78 Å². The van der Waals surface area contributed by atoms with Gasteiger partial charge in [0.15, 0.2) is 0 Å². The Morgan fingerprint density at radius 2 is 1.64 bits per heavy atom. The van der Waals surface area contributed by atoms with E-state index >= 15 is 0 Å². The number of hydrogen-bond acceptors (Lipinski definition) is 1. The molecule has 2 aliphatic carbocycles. The molecule has 0 aromatic heterocycles. The van der Waals surface area contributed by atoms with Crippen LogP contribution in [-0.2, 0) is 0 Å². The summed E-state index contributed by atoms with van der Waals surface area (Å²) in [6.45, 7) is 2.29. The SMILES string of the molecule is CC[C@H]1CC[C@H](/C=C/C#C[C@H]2CC[C@H](c3cc(F)c(C#N)c(F)c3)CC2)CC1. The molecule has 3 heteroatoms. The second-order valence-electron chi connectivity index (χ2n) is 8.36. The van der Waals surface area contributed by atoms with E-state index in [1.54, 1.807) is 6.07 Å². The summed E-state index contributed by atoms with van der Waals surface area (Å²) in [6, 6.07) is 4.24. The van der Waals surface area contributed by atoms with E-state index in [1.807, 2.05) is 6.08 Å². The van der Waals surface area contributed by atoms with Gasteiger partial charge in [-0.25, -0.2) is 8.78 Å². The van der Waals surface area contributed by atoms with Gasteiger partial charge in [-0.05, 0) is 92.9 Å². The molecule has 0 saturated heterocycles. The van der Waals surface area contributed by atoms with E-state index in [9.17, 15) is 8.78 Å². The number of halogens is 2. The number of nitriles is 1. The molecule has 0 radical (unpaired) electrons. The molecule has 0 aliphatic heterocycles. The average Bonchev–Trinajstić information content (AvgIpc) is 2.72. The zero-order valence-electron chi connectivity index (χ0n) is 16.7. The second kappa shape index (κ2) is 9.88. The molecule has 0 unspecified atom stereocenters. The molecule has 0 amide bonds. The van der Waals surface area contributed by atoms with Gasteiger partial charge in [-0.3, -0.25) is 0 Å². The molecule has 2 saturated carbocycles. The number of benzene rings is 1. The van der Waals surface area contributed by atoms with Crippen LogP contribution in [0.15, 0.2) is 24.3 Å². The van der Waals surface area contributed by atoms with E-state index in [0.29, 0.717) is 17.4 Å². The van der Waals surface area contributed by atoms with Gasteiger partial charge in [0.2, 0.25) is 0 Å². The minimum absolute atomic E-state index is 0.152. The quantitative estimate of drug-likeness (QED) is 0.523. The fraction of sp³-hybridized carbons (Fsp3) is 0.560. The van der Waals surface area contributed by atoms with Crippen LogP contribution in [-0.4, -0.2) is 0 Å². The first-order chi connectivity index (χ1) is 13.6. The molecule has 0 bridgehead atoms. The normalized spacial score (nSPS) is 27.8. The Bertz CT molecular complexity index is 769. The molecular weight excluding hydrogens is 352 g/mol. The first-order valence-electron chi connectivity index (χ1n) is 10.7. The van der Waals surface area contributed by atoms with Crippen LogP contribution in [0.2, 0.25) is 0 Å². The molecule has 1 aromatic carbocycles. The van der Waals surface area contributed by atoms with E-state index in [2.05, 4.69) is 24.8 Å². The molecule has 3 rings (SSSR count). The third-order valence-electron chi connectivity index (χ3n) is 6.58. The molecule has 0 atom stereocenters. The van der Waals surface area contributed by atoms with Crippen LogP contribution in [0.4, 0.5) is 8.78 Å². The highest BCUT2D eigenvalue weighted by Crippen LogP contribution is 2.36. The van der Waals surface area contributed by atoms with Gasteiger partial charge in [-0.2, -0.15) is 5.26 Å². The third kappa shape index (κ3) is 5.23. The first-order valence-corrected chi connectivity index (χ1v) is 10.7. The van der Waals surface area contributed by atoms with Crippen molar-refractivity contribution in [3.05, 3.63) is 47.0 Å². The average molecular weight is 382 g/mol. The van der Waals surface area contributed by atoms with E-state index in [0.717, 1.165) is 31.6 Å². The topological polar surface area (TPSA) is 23.8 Å². The lowest BCUT2D eigenvalue weighted by molar-refractivity contribution is 0.304. The van der Waals surface area contributed by atoms with Crippen LogP contribution >= 0.6 is 0 Å². The lowest BCUT2D eigenvalue weighted by Crippen LogP contribution is -2.13. The smallest absolute Gasteiger partial charge is 0.144 e. The summed E-state index contributed by atoms with van der Waals surface area (Å²) in [4.78, 5) is 0. The lowest BCUT2D eigenvalue weighted by Gasteiger charge is -2.26. The minimum Gasteiger partial charge on any atom is -0.205 e. The third-order valence-corrected chi connectivity index (χ3v) is 6.58. The maximum absolute atomic E-state index is 13.9. The van der Waals surface area contributed by atoms with Crippen molar-refractivity contribution in [3.63, 3.8) is 0 Å². The summed E-state index contributed by atoms with van der Waals surface area (Å²) in [5, 5.41) is 8.79. The van der Waals surface area contributed by atoms with Crippen molar-refractivity contribution in [2.75, 3.05) is 0 Å². The minimum atomic E-state index is -0.752. The summed E-state index contributed by atoms with van der Waals surface area (Å²) < 4.78 is 27.7. The zero-order chi connectivity index (χ0) is 19.9. The van der Waals surface area contributed by atoms with Gasteiger partial charge in [0.05, 0.1) is 0 Å². The van der Waals surface area contributed by atoms with Crippen LogP contribution in [0.25, 0.3) is 0 Å². The second-order valence-corrected chi connectivity index (χ2v) is 8.36. The summed E-state index contributed by atoms with van der Waals surface area (Å²) in [5.74, 6) is 7.22. The van der Waals surface area contributed by atoms with E-state index in [-0.39, 0.29) is 5.92 Å². The highest BCUT2D eigenvalue weighted by Gasteiger charge is 2.23. The Kier molecular flexibility index (Phi) is 7.27. The Morgan fingerprint density at radius 3 is 2.21 bits per heavy atom. The largest absolute Gasteiger partial charge is 0.205 e. The summed E-state index contributed by atoms with van der Waals surface area (Å²) in [5.41, 5.74) is 0.182. The van der Waals surface area contributed by atoms with Crippen molar-refractivity contribution >= 4 is 0 Å². The van der Waals surface area contributed by atoms with Crippen LogP contribution in [0.3, 0.4) is 0 Å². The van der Waals surface area contributed by atoms with E-state index in [4.69, 9.17) is 5.26 Å². The van der Waals surface area contributed by atoms with E-state index in [1.165, 1.54) is 44.2 Å². The van der Waals surface area contributed by atoms with Crippen molar-refractivity contribution in [1.82, 2.24) is 0 Å². The van der Waals surface area contributed by atoms with Crippen LogP contribution in [0.1, 0.15) is 81.8 Å². The van der Waals surface area contributed by atoms with Gasteiger partial charge in [0.1, 0.15) is 23.3 Å². The number of nitrogens with zero attached hydrogens (tertiary/aromatic N) is 1. The standard InChI is InChI=1S/C25H29F2N/c1-2-18-7-9-19(10-8-18)5-3-4-6-20-11-13-21(14-12-20)22-15-24(26)23(17-28)25(27)16-22/h3,5,15-16,18-21H,2,7-14H2,1H3/b5-3+/t18-,19-,20-,21-. The lowest BCUT2D eigenvalue weighted by atomic mass is 9.78. The molecule has 1 nitrogen and oxygen atoms in total. The Morgan fingerprint density at radius 1 is 1.00 bits per heavy atom. The number of hydrogen-bond donors (Lipinski definition) is 0. The predicted octanol–water partition coefficient (Wildman–Crippen LogP) is 6.89. The van der Waals surface area contributed by atoms with Gasteiger partial charge in [0, 0.05) is 5.92 Å². The fourth-order valence-corrected chi connectivity index (χ4v) is 4.65. The highest BCUT2D eigenvalue weighted by atomic mass is 19.1. The summed E-state index contributed by atoms with van der Waals surface area (Å²) >= 11 is 0. The highest BCUT2D eigenvalue weighted by molar-refractivity contribution is 5.36. The number of allylic oxidation sites excluding steroid dienone is 2. The van der Waals surface area contributed by atoms with Crippen molar-refractivity contribution in [2.45, 2.75) is 70.6 Å². The molecule has 0 N–H and O–H groups in total. The van der Waals surface area contributed by atoms with Crippen molar-refractivity contribution in [2.24, 2.45) is 17.8 Å². The maximum Gasteiger partial charge on any atom is 0.144 e. The van der Waals surface area contributed by atoms with Crippen molar-refractivity contribution in [1.29, 1.82) is 5.26 Å². The van der Waals surface area contributed by atoms with Crippen LogP contribution in [0, 0.1) is 52.6 Å². The van der Waals surface area contributed by atoms with E-state index < -0.39 is 17.2 Å². The van der Waals surface area contributed by atoms with Crippen LogP contribution in [0.5, 0.6) is 0 Å². The number of rotatable bonds is 3. The maximum atomic E-state index is 13.9. The molecule has 2 aliphatic rings. The zero-order valence-corrected chi connectivity index (χ0v) is 16.7. The molecule has 2 fully saturated rings. The molecule has 28 heavy (non-hydrogen) atoms. The van der Waals surface area contributed by atoms with Crippen LogP contribution < -0.4 is 0 Å². The van der Waals surface area contributed by atoms with Gasteiger partial charge >= 0.3 is 0 Å². The Labute approximate surface area is 167 Å². The summed E-state index contributed by atoms with van der Waals surface area (Å²) in [6.07, 6.45) is 14.6. The van der Waals surface area contributed by atoms with Gasteiger partial charge in [-0.1, -0.05) is 31.3 Å². The van der Waals surface area contributed by atoms with Crippen molar-refractivity contribution in [3.8, 4) is 17.9 Å². The molecule has 148 valence electrons. The monoisotopic (exact) mass is 381 g/mol. The molecular formula is C25H29F2N. The molecule has 0 heterocycles. The van der Waals surface area contributed by atoms with Gasteiger partial charge in [-0.15, -0.1) is 0 Å². The Hall–Kier alpha value is -2.13. The van der Waals surface area contributed by atoms with Gasteiger partial charge < -0.3 is 0 Å². The Balaban J connectivity index is 1.48. The fourth-order valence-electron chi connectivity index (χ4n) is 4.65. The summed E-state index contributed by atoms with van der Waals surface area (Å²) in [7, 11) is 0. The molecule has 1 aromatic rings. The first kappa shape index (κ1) is 20.6.